The van der Waals surface area contributed by atoms with Gasteiger partial charge in [0.25, 0.3) is 0 Å². The number of ether oxygens (including phenoxy) is 3. The van der Waals surface area contributed by atoms with E-state index in [9.17, 15) is 13.2 Å². The number of methoxy groups -OCH3 is 3. The van der Waals surface area contributed by atoms with E-state index in [1.54, 1.807) is 6.07 Å². The molecule has 0 aromatic heterocycles. The first kappa shape index (κ1) is 25.5. The van der Waals surface area contributed by atoms with Gasteiger partial charge in [-0.1, -0.05) is 25.3 Å². The predicted molar refractivity (Wildman–Crippen MR) is 136 cm³/mol. The molecule has 190 valence electrons. The van der Waals surface area contributed by atoms with Crippen LogP contribution in [0.3, 0.4) is 0 Å². The van der Waals surface area contributed by atoms with E-state index >= 15 is 0 Å². The third-order valence-electron chi connectivity index (χ3n) is 6.62. The second kappa shape index (κ2) is 10.2. The lowest BCUT2D eigenvalue weighted by atomic mass is 9.83. The molecule has 4 rings (SSSR count). The molecule has 0 saturated heterocycles. The number of hydrogen-bond donors (Lipinski definition) is 0. The van der Waals surface area contributed by atoms with Crippen LogP contribution in [0.5, 0.6) is 17.2 Å². The molecule has 0 saturated carbocycles. The van der Waals surface area contributed by atoms with Crippen LogP contribution in [0.2, 0.25) is 0 Å². The van der Waals surface area contributed by atoms with Gasteiger partial charge >= 0.3 is 16.1 Å². The Morgan fingerprint density at radius 1 is 1.08 bits per heavy atom. The van der Waals surface area contributed by atoms with Gasteiger partial charge in [-0.15, -0.1) is 0 Å². The van der Waals surface area contributed by atoms with E-state index in [2.05, 4.69) is 18.1 Å². The van der Waals surface area contributed by atoms with Gasteiger partial charge in [-0.3, -0.25) is 4.90 Å². The Kier molecular flexibility index (Phi) is 7.23. The Labute approximate surface area is 211 Å². The van der Waals surface area contributed by atoms with Crippen molar-refractivity contribution in [2.45, 2.75) is 25.4 Å². The van der Waals surface area contributed by atoms with Gasteiger partial charge in [0.1, 0.15) is 16.2 Å². The fourth-order valence-corrected chi connectivity index (χ4v) is 5.82. The third-order valence-corrected chi connectivity index (χ3v) is 7.88. The molecule has 0 spiro atoms. The summed E-state index contributed by atoms with van der Waals surface area (Å²) < 4.78 is 47.4. The number of nitrogens with zero attached hydrogens (tertiary/aromatic N) is 1. The molecule has 0 fully saturated rings. The molecule has 0 aliphatic carbocycles. The Morgan fingerprint density at radius 3 is 2.47 bits per heavy atom. The van der Waals surface area contributed by atoms with E-state index in [1.165, 1.54) is 39.6 Å². The summed E-state index contributed by atoms with van der Waals surface area (Å²) in [6.07, 6.45) is 5.26. The standard InChI is InChI=1S/C27H29NO7S/c1-6-8-19(7-2)36(30,31)35-26-22-16-28-12-11-18-14-25(33-4)21(27(29)34-5)15-20(18)23(28)13-17(22)9-10-24(26)32-3/h6-10,14-15,23H,1-2,11-13,16H2,3-5H3/b19-8+. The number of esters is 1. The summed E-state index contributed by atoms with van der Waals surface area (Å²) in [4.78, 5) is 14.6. The summed E-state index contributed by atoms with van der Waals surface area (Å²) in [6, 6.07) is 7.40. The average Bonchev–Trinajstić information content (AvgIpc) is 2.89. The molecule has 0 bridgehead atoms. The molecule has 1 atom stereocenters. The van der Waals surface area contributed by atoms with E-state index in [1.807, 2.05) is 18.2 Å². The zero-order valence-corrected chi connectivity index (χ0v) is 21.4. The van der Waals surface area contributed by atoms with Crippen molar-refractivity contribution in [1.29, 1.82) is 0 Å². The number of allylic oxidation sites excluding steroid dienone is 3. The number of fused-ring (bicyclic) bond motifs is 4. The van der Waals surface area contributed by atoms with Crippen molar-refractivity contribution in [3.8, 4) is 17.2 Å². The maximum atomic E-state index is 13.0. The molecular weight excluding hydrogens is 482 g/mol. The largest absolute Gasteiger partial charge is 0.496 e. The van der Waals surface area contributed by atoms with Gasteiger partial charge < -0.3 is 18.4 Å². The summed E-state index contributed by atoms with van der Waals surface area (Å²) in [5.74, 6) is 0.523. The van der Waals surface area contributed by atoms with E-state index in [0.717, 1.165) is 35.2 Å². The fourth-order valence-electron chi connectivity index (χ4n) is 4.85. The average molecular weight is 512 g/mol. The number of rotatable bonds is 8. The van der Waals surface area contributed by atoms with Crippen molar-refractivity contribution in [2.75, 3.05) is 27.9 Å². The van der Waals surface area contributed by atoms with Crippen LogP contribution in [0.1, 0.15) is 38.7 Å². The van der Waals surface area contributed by atoms with Gasteiger partial charge in [-0.25, -0.2) is 4.79 Å². The van der Waals surface area contributed by atoms with Crippen LogP contribution >= 0.6 is 0 Å². The Hall–Kier alpha value is -3.56. The normalized spacial score (nSPS) is 17.2. The molecule has 9 heteroatoms. The summed E-state index contributed by atoms with van der Waals surface area (Å²) in [5.41, 5.74) is 4.21. The zero-order chi connectivity index (χ0) is 26.0. The number of carbonyl (C=O) groups is 1. The highest BCUT2D eigenvalue weighted by molar-refractivity contribution is 7.91. The zero-order valence-electron chi connectivity index (χ0n) is 20.6. The molecule has 0 radical (unpaired) electrons. The SMILES string of the molecule is C=C/C=C(\C=C)S(=O)(=O)Oc1c(OC)ccc2c1CN1CCc3cc(OC)c(C(=O)OC)cc3C1C2. The van der Waals surface area contributed by atoms with Gasteiger partial charge in [-0.2, -0.15) is 8.42 Å². The first-order valence-corrected chi connectivity index (χ1v) is 12.8. The van der Waals surface area contributed by atoms with Crippen LogP contribution in [0.4, 0.5) is 0 Å². The van der Waals surface area contributed by atoms with E-state index in [0.29, 0.717) is 30.0 Å². The molecule has 2 aromatic rings. The highest BCUT2D eigenvalue weighted by Gasteiger charge is 2.36. The number of benzene rings is 2. The molecule has 2 aliphatic heterocycles. The predicted octanol–water partition coefficient (Wildman–Crippen LogP) is 4.11. The van der Waals surface area contributed by atoms with Crippen molar-refractivity contribution in [3.63, 3.8) is 0 Å². The lowest BCUT2D eigenvalue weighted by molar-refractivity contribution is 0.0596. The summed E-state index contributed by atoms with van der Waals surface area (Å²) >= 11 is 0. The molecule has 1 unspecified atom stereocenters. The molecule has 36 heavy (non-hydrogen) atoms. The monoisotopic (exact) mass is 511 g/mol. The quantitative estimate of drug-likeness (QED) is 0.297. The molecule has 8 nitrogen and oxygen atoms in total. The van der Waals surface area contributed by atoms with Crippen LogP contribution in [0.15, 0.2) is 60.6 Å². The van der Waals surface area contributed by atoms with Gasteiger partial charge in [0, 0.05) is 24.7 Å². The van der Waals surface area contributed by atoms with Crippen LogP contribution in [-0.4, -0.2) is 47.2 Å². The van der Waals surface area contributed by atoms with E-state index < -0.39 is 16.1 Å². The molecule has 2 aliphatic rings. The Balaban J connectivity index is 1.77. The molecule has 0 N–H and O–H groups in total. The van der Waals surface area contributed by atoms with Crippen molar-refractivity contribution in [3.05, 3.63) is 88.4 Å². The molecule has 0 amide bonds. The maximum absolute atomic E-state index is 13.0. The van der Waals surface area contributed by atoms with Gasteiger partial charge in [0.2, 0.25) is 0 Å². The van der Waals surface area contributed by atoms with Crippen molar-refractivity contribution in [1.82, 2.24) is 4.90 Å². The minimum absolute atomic E-state index is 0.00203. The number of carbonyl (C=O) groups excluding carboxylic acids is 1. The fraction of sp³-hybridized carbons (Fsp3) is 0.296. The molecule has 2 aromatic carbocycles. The van der Waals surface area contributed by atoms with Crippen LogP contribution in [0, 0.1) is 0 Å². The Morgan fingerprint density at radius 2 is 1.83 bits per heavy atom. The second-order valence-electron chi connectivity index (χ2n) is 8.46. The minimum atomic E-state index is -4.15. The minimum Gasteiger partial charge on any atom is -0.496 e. The first-order chi connectivity index (χ1) is 17.3. The topological polar surface area (TPSA) is 91.4 Å². The third kappa shape index (κ3) is 4.52. The van der Waals surface area contributed by atoms with Crippen molar-refractivity contribution in [2.24, 2.45) is 0 Å². The van der Waals surface area contributed by atoms with Gasteiger partial charge in [0.15, 0.2) is 11.5 Å². The summed E-state index contributed by atoms with van der Waals surface area (Å²) in [6.45, 7) is 8.33. The van der Waals surface area contributed by atoms with Crippen molar-refractivity contribution < 1.29 is 31.6 Å². The molecule has 2 heterocycles. The first-order valence-electron chi connectivity index (χ1n) is 11.4. The smallest absolute Gasteiger partial charge is 0.341 e. The van der Waals surface area contributed by atoms with Gasteiger partial charge in [0.05, 0.1) is 21.3 Å². The lowest BCUT2D eigenvalue weighted by Crippen LogP contribution is -2.39. The van der Waals surface area contributed by atoms with Crippen molar-refractivity contribution >= 4 is 16.1 Å². The lowest BCUT2D eigenvalue weighted by Gasteiger charge is -2.42. The van der Waals surface area contributed by atoms with E-state index in [-0.39, 0.29) is 16.7 Å². The summed E-state index contributed by atoms with van der Waals surface area (Å²) in [5, 5.41) is 0. The maximum Gasteiger partial charge on any atom is 0.341 e. The second-order valence-corrected chi connectivity index (χ2v) is 10.0. The van der Waals surface area contributed by atoms with Gasteiger partial charge in [-0.05, 0) is 59.9 Å². The van der Waals surface area contributed by atoms with Crippen LogP contribution in [-0.2, 0) is 34.2 Å². The van der Waals surface area contributed by atoms with Crippen LogP contribution < -0.4 is 13.7 Å². The highest BCUT2D eigenvalue weighted by atomic mass is 32.2. The van der Waals surface area contributed by atoms with E-state index in [4.69, 9.17) is 18.4 Å². The Bertz CT molecular complexity index is 1360. The van der Waals surface area contributed by atoms with Crippen LogP contribution in [0.25, 0.3) is 0 Å². The molecular formula is C27H29NO7S. The number of hydrogen-bond acceptors (Lipinski definition) is 8. The summed E-state index contributed by atoms with van der Waals surface area (Å²) in [7, 11) is 0.198. The highest BCUT2D eigenvalue weighted by Crippen LogP contribution is 2.45.